The summed E-state index contributed by atoms with van der Waals surface area (Å²) in [5, 5.41) is 3.37. The zero-order valence-electron chi connectivity index (χ0n) is 10.8. The fourth-order valence-corrected chi connectivity index (χ4v) is 1.81. The Labute approximate surface area is 116 Å². The van der Waals surface area contributed by atoms with Crippen molar-refractivity contribution in [1.82, 2.24) is 14.5 Å². The maximum absolute atomic E-state index is 12.0. The van der Waals surface area contributed by atoms with Gasteiger partial charge in [-0.15, -0.1) is 0 Å². The van der Waals surface area contributed by atoms with Crippen molar-refractivity contribution in [3.05, 3.63) is 47.5 Å². The van der Waals surface area contributed by atoms with Gasteiger partial charge in [-0.3, -0.25) is 0 Å². The lowest BCUT2D eigenvalue weighted by atomic mass is 10.3. The number of benzene rings is 1. The highest BCUT2D eigenvalue weighted by Gasteiger charge is 2.11. The molecule has 100 valence electrons. The molecule has 0 aliphatic rings. The van der Waals surface area contributed by atoms with Crippen LogP contribution < -0.4 is 5.32 Å². The minimum atomic E-state index is -0.203. The maximum atomic E-state index is 12.0. The number of anilines is 1. The second-order valence-corrected chi connectivity index (χ2v) is 4.69. The summed E-state index contributed by atoms with van der Waals surface area (Å²) >= 11 is 5.87. The summed E-state index contributed by atoms with van der Waals surface area (Å²) in [5.41, 5.74) is 0.671. The largest absolute Gasteiger partial charge is 0.337 e. The van der Waals surface area contributed by atoms with Crippen molar-refractivity contribution in [1.29, 1.82) is 0 Å². The number of carbonyl (C=O) groups excluding carboxylic acids is 1. The topological polar surface area (TPSA) is 50.2 Å². The molecule has 2 rings (SSSR count). The zero-order chi connectivity index (χ0) is 13.8. The van der Waals surface area contributed by atoms with E-state index in [2.05, 4.69) is 10.3 Å². The molecule has 0 atom stereocenters. The molecule has 5 nitrogen and oxygen atoms in total. The van der Waals surface area contributed by atoms with E-state index < -0.39 is 0 Å². The normalized spacial score (nSPS) is 10.3. The van der Waals surface area contributed by atoms with E-state index in [0.29, 0.717) is 17.3 Å². The lowest BCUT2D eigenvalue weighted by Gasteiger charge is -2.17. The van der Waals surface area contributed by atoms with E-state index in [-0.39, 0.29) is 6.03 Å². The van der Waals surface area contributed by atoms with E-state index in [4.69, 9.17) is 11.6 Å². The zero-order valence-corrected chi connectivity index (χ0v) is 11.6. The van der Waals surface area contributed by atoms with Gasteiger partial charge in [0.1, 0.15) is 5.82 Å². The van der Waals surface area contributed by atoms with Crippen LogP contribution in [0.2, 0.25) is 5.02 Å². The standard InChI is InChI=1S/C13H15ClN4O/c1-17-7-6-15-12(17)9-18(2)13(19)16-11-5-3-4-10(14)8-11/h3-8H,9H2,1-2H3,(H,16,19). The smallest absolute Gasteiger partial charge is 0.321 e. The van der Waals surface area contributed by atoms with Gasteiger partial charge in [-0.1, -0.05) is 17.7 Å². The van der Waals surface area contributed by atoms with Gasteiger partial charge < -0.3 is 14.8 Å². The Bertz CT molecular complexity index is 582. The summed E-state index contributed by atoms with van der Waals surface area (Å²) in [6.07, 6.45) is 3.55. The summed E-state index contributed by atoms with van der Waals surface area (Å²) in [6.45, 7) is 0.440. The number of halogens is 1. The Morgan fingerprint density at radius 2 is 2.32 bits per heavy atom. The predicted octanol–water partition coefficient (Wildman–Crippen LogP) is 2.74. The number of hydrogen-bond acceptors (Lipinski definition) is 2. The van der Waals surface area contributed by atoms with Gasteiger partial charge in [0.2, 0.25) is 0 Å². The number of imidazole rings is 1. The Balaban J connectivity index is 1.98. The fourth-order valence-electron chi connectivity index (χ4n) is 1.62. The monoisotopic (exact) mass is 278 g/mol. The summed E-state index contributed by atoms with van der Waals surface area (Å²) in [7, 11) is 3.61. The van der Waals surface area contributed by atoms with Crippen LogP contribution in [0, 0.1) is 0 Å². The fraction of sp³-hybridized carbons (Fsp3) is 0.231. The quantitative estimate of drug-likeness (QED) is 0.938. The van der Waals surface area contributed by atoms with Crippen LogP contribution in [-0.2, 0) is 13.6 Å². The van der Waals surface area contributed by atoms with Gasteiger partial charge in [0, 0.05) is 37.2 Å². The molecule has 1 heterocycles. The number of carbonyl (C=O) groups is 1. The highest BCUT2D eigenvalue weighted by molar-refractivity contribution is 6.30. The lowest BCUT2D eigenvalue weighted by molar-refractivity contribution is 0.219. The third-order valence-corrected chi connectivity index (χ3v) is 2.96. The van der Waals surface area contributed by atoms with Crippen LogP contribution in [0.4, 0.5) is 10.5 Å². The molecule has 1 aromatic carbocycles. The number of urea groups is 1. The average Bonchev–Trinajstić information content (AvgIpc) is 2.75. The van der Waals surface area contributed by atoms with Crippen molar-refractivity contribution in [2.24, 2.45) is 7.05 Å². The summed E-state index contributed by atoms with van der Waals surface area (Å²) < 4.78 is 1.88. The van der Waals surface area contributed by atoms with Crippen molar-refractivity contribution in [2.75, 3.05) is 12.4 Å². The van der Waals surface area contributed by atoms with Crippen LogP contribution >= 0.6 is 11.6 Å². The minimum absolute atomic E-state index is 0.203. The second kappa shape index (κ2) is 5.75. The first-order valence-electron chi connectivity index (χ1n) is 5.80. The van der Waals surface area contributed by atoms with Crippen LogP contribution in [0.3, 0.4) is 0 Å². The number of nitrogens with one attached hydrogen (secondary N) is 1. The Hall–Kier alpha value is -2.01. The first-order chi connectivity index (χ1) is 9.06. The first kappa shape index (κ1) is 13.4. The maximum Gasteiger partial charge on any atom is 0.321 e. The molecule has 6 heteroatoms. The number of amides is 2. The van der Waals surface area contributed by atoms with Gasteiger partial charge in [-0.2, -0.15) is 0 Å². The van der Waals surface area contributed by atoms with E-state index >= 15 is 0 Å². The molecule has 19 heavy (non-hydrogen) atoms. The summed E-state index contributed by atoms with van der Waals surface area (Å²) in [6, 6.07) is 6.84. The Morgan fingerprint density at radius 3 is 2.95 bits per heavy atom. The van der Waals surface area contributed by atoms with Crippen molar-refractivity contribution >= 4 is 23.3 Å². The molecule has 1 aromatic heterocycles. The third-order valence-electron chi connectivity index (χ3n) is 2.72. The SMILES string of the molecule is CN(Cc1nccn1C)C(=O)Nc1cccc(Cl)c1. The number of aryl methyl sites for hydroxylation is 1. The number of hydrogen-bond donors (Lipinski definition) is 1. The molecule has 0 aliphatic carbocycles. The van der Waals surface area contributed by atoms with Crippen LogP contribution in [0.5, 0.6) is 0 Å². The molecule has 0 bridgehead atoms. The third kappa shape index (κ3) is 3.48. The van der Waals surface area contributed by atoms with Crippen molar-refractivity contribution in [3.63, 3.8) is 0 Å². The molecule has 0 radical (unpaired) electrons. The molecular formula is C13H15ClN4O. The molecule has 0 unspecified atom stereocenters. The van der Waals surface area contributed by atoms with Gasteiger partial charge in [0.05, 0.1) is 6.54 Å². The second-order valence-electron chi connectivity index (χ2n) is 4.25. The molecule has 0 fully saturated rings. The Morgan fingerprint density at radius 1 is 1.53 bits per heavy atom. The van der Waals surface area contributed by atoms with E-state index in [0.717, 1.165) is 5.82 Å². The van der Waals surface area contributed by atoms with Crippen molar-refractivity contribution in [2.45, 2.75) is 6.54 Å². The average molecular weight is 279 g/mol. The highest BCUT2D eigenvalue weighted by Crippen LogP contribution is 2.15. The van der Waals surface area contributed by atoms with Crippen molar-refractivity contribution in [3.8, 4) is 0 Å². The minimum Gasteiger partial charge on any atom is -0.337 e. The molecule has 0 spiro atoms. The van der Waals surface area contributed by atoms with Crippen LogP contribution in [0.1, 0.15) is 5.82 Å². The summed E-state index contributed by atoms with van der Waals surface area (Å²) in [5.74, 6) is 0.823. The first-order valence-corrected chi connectivity index (χ1v) is 6.18. The van der Waals surface area contributed by atoms with Crippen LogP contribution in [-0.4, -0.2) is 27.5 Å². The molecule has 1 N–H and O–H groups in total. The number of nitrogens with zero attached hydrogens (tertiary/aromatic N) is 3. The van der Waals surface area contributed by atoms with Crippen LogP contribution in [0.25, 0.3) is 0 Å². The lowest BCUT2D eigenvalue weighted by Crippen LogP contribution is -2.31. The molecule has 0 aliphatic heterocycles. The van der Waals surface area contributed by atoms with Gasteiger partial charge in [0.25, 0.3) is 0 Å². The predicted molar refractivity (Wildman–Crippen MR) is 75.1 cm³/mol. The van der Waals surface area contributed by atoms with Crippen molar-refractivity contribution < 1.29 is 4.79 Å². The van der Waals surface area contributed by atoms with Crippen LogP contribution in [0.15, 0.2) is 36.7 Å². The van der Waals surface area contributed by atoms with E-state index in [1.165, 1.54) is 0 Å². The molecular weight excluding hydrogens is 264 g/mol. The van der Waals surface area contributed by atoms with E-state index in [9.17, 15) is 4.79 Å². The number of rotatable bonds is 3. The van der Waals surface area contributed by atoms with Gasteiger partial charge >= 0.3 is 6.03 Å². The Kier molecular flexibility index (Phi) is 4.06. The van der Waals surface area contributed by atoms with E-state index in [1.54, 1.807) is 42.4 Å². The highest BCUT2D eigenvalue weighted by atomic mass is 35.5. The summed E-state index contributed by atoms with van der Waals surface area (Å²) in [4.78, 5) is 17.7. The molecule has 0 saturated heterocycles. The molecule has 2 amide bonds. The molecule has 2 aromatic rings. The number of aromatic nitrogens is 2. The van der Waals surface area contributed by atoms with E-state index in [1.807, 2.05) is 17.8 Å². The molecule has 0 saturated carbocycles. The van der Waals surface area contributed by atoms with Gasteiger partial charge in [-0.25, -0.2) is 9.78 Å². The van der Waals surface area contributed by atoms with Gasteiger partial charge in [0.15, 0.2) is 0 Å². The van der Waals surface area contributed by atoms with Gasteiger partial charge in [-0.05, 0) is 18.2 Å².